The van der Waals surface area contributed by atoms with Crippen molar-refractivity contribution in [3.8, 4) is 6.07 Å². The normalized spacial score (nSPS) is 9.88. The molecule has 0 unspecified atom stereocenters. The summed E-state index contributed by atoms with van der Waals surface area (Å²) in [5.74, 6) is -0.258. The van der Waals surface area contributed by atoms with E-state index in [9.17, 15) is 4.39 Å². The van der Waals surface area contributed by atoms with Crippen molar-refractivity contribution in [3.05, 3.63) is 59.2 Å². The van der Waals surface area contributed by atoms with Gasteiger partial charge in [-0.3, -0.25) is 0 Å². The Balaban J connectivity index is 2.22. The average Bonchev–Trinajstić information content (AvgIpc) is 2.32. The van der Waals surface area contributed by atoms with Crippen molar-refractivity contribution in [2.75, 3.05) is 5.73 Å². The monoisotopic (exact) mass is 227 g/mol. The summed E-state index contributed by atoms with van der Waals surface area (Å²) < 4.78 is 12.7. The van der Waals surface area contributed by atoms with Gasteiger partial charge in [0.15, 0.2) is 5.69 Å². The number of anilines is 1. The smallest absolute Gasteiger partial charge is 0.163 e. The van der Waals surface area contributed by atoms with Crippen LogP contribution in [0.5, 0.6) is 0 Å². The number of aromatic nitrogens is 1. The van der Waals surface area contributed by atoms with E-state index in [2.05, 4.69) is 4.98 Å². The number of nitriles is 1. The van der Waals surface area contributed by atoms with Gasteiger partial charge in [0.2, 0.25) is 0 Å². The molecule has 0 saturated heterocycles. The van der Waals surface area contributed by atoms with Crippen molar-refractivity contribution in [3.63, 3.8) is 0 Å². The van der Waals surface area contributed by atoms with E-state index in [0.717, 1.165) is 11.1 Å². The lowest BCUT2D eigenvalue weighted by atomic mass is 10.1. The molecule has 1 heterocycles. The number of rotatable bonds is 2. The van der Waals surface area contributed by atoms with Crippen molar-refractivity contribution in [2.24, 2.45) is 0 Å². The second-order valence-electron chi connectivity index (χ2n) is 3.70. The van der Waals surface area contributed by atoms with Gasteiger partial charge in [0.1, 0.15) is 11.9 Å². The Labute approximate surface area is 98.3 Å². The quantitative estimate of drug-likeness (QED) is 0.855. The van der Waals surface area contributed by atoms with Crippen LogP contribution in [-0.4, -0.2) is 4.98 Å². The molecular weight excluding hydrogens is 217 g/mol. The van der Waals surface area contributed by atoms with Crippen LogP contribution in [-0.2, 0) is 6.42 Å². The first-order valence-corrected chi connectivity index (χ1v) is 5.08. The van der Waals surface area contributed by atoms with E-state index in [1.54, 1.807) is 24.4 Å². The van der Waals surface area contributed by atoms with Crippen LogP contribution >= 0.6 is 0 Å². The zero-order valence-electron chi connectivity index (χ0n) is 9.02. The number of hydrogen-bond donors (Lipinski definition) is 1. The molecule has 0 spiro atoms. The molecule has 2 aromatic rings. The van der Waals surface area contributed by atoms with Crippen molar-refractivity contribution < 1.29 is 4.39 Å². The lowest BCUT2D eigenvalue weighted by Crippen LogP contribution is -1.97. The van der Waals surface area contributed by atoms with Crippen LogP contribution in [0, 0.1) is 17.1 Å². The molecule has 0 atom stereocenters. The van der Waals surface area contributed by atoms with Crippen molar-refractivity contribution >= 4 is 5.69 Å². The second kappa shape index (κ2) is 4.62. The molecule has 17 heavy (non-hydrogen) atoms. The first-order chi connectivity index (χ1) is 8.19. The van der Waals surface area contributed by atoms with Crippen molar-refractivity contribution in [1.82, 2.24) is 4.98 Å². The number of pyridine rings is 1. The van der Waals surface area contributed by atoms with Gasteiger partial charge in [0.25, 0.3) is 0 Å². The molecule has 0 saturated carbocycles. The summed E-state index contributed by atoms with van der Waals surface area (Å²) >= 11 is 0. The van der Waals surface area contributed by atoms with Crippen LogP contribution < -0.4 is 5.73 Å². The van der Waals surface area contributed by atoms with Gasteiger partial charge in [0, 0.05) is 6.20 Å². The molecule has 0 radical (unpaired) electrons. The Hall–Kier alpha value is -2.41. The summed E-state index contributed by atoms with van der Waals surface area (Å²) in [7, 11) is 0. The molecule has 2 rings (SSSR count). The first kappa shape index (κ1) is 11.1. The maximum atomic E-state index is 12.7. The number of nitrogen functional groups attached to an aromatic ring is 1. The maximum absolute atomic E-state index is 12.7. The van der Waals surface area contributed by atoms with Gasteiger partial charge in [0.05, 0.1) is 5.69 Å². The minimum Gasteiger partial charge on any atom is -0.396 e. The molecule has 0 aliphatic rings. The first-order valence-electron chi connectivity index (χ1n) is 5.08. The van der Waals surface area contributed by atoms with E-state index in [0.29, 0.717) is 12.1 Å². The summed E-state index contributed by atoms with van der Waals surface area (Å²) in [6.07, 6.45) is 2.22. The molecule has 0 aliphatic carbocycles. The highest BCUT2D eigenvalue weighted by atomic mass is 19.1. The van der Waals surface area contributed by atoms with Gasteiger partial charge < -0.3 is 5.73 Å². The SMILES string of the molecule is N#Cc1ncc(Cc2ccc(F)cc2)cc1N. The van der Waals surface area contributed by atoms with Crippen LogP contribution in [0.15, 0.2) is 36.5 Å². The Bertz CT molecular complexity index is 570. The zero-order valence-corrected chi connectivity index (χ0v) is 9.02. The van der Waals surface area contributed by atoms with Gasteiger partial charge >= 0.3 is 0 Å². The Morgan fingerprint density at radius 2 is 1.94 bits per heavy atom. The lowest BCUT2D eigenvalue weighted by Gasteiger charge is -2.03. The summed E-state index contributed by atoms with van der Waals surface area (Å²) in [5, 5.41) is 8.70. The lowest BCUT2D eigenvalue weighted by molar-refractivity contribution is 0.627. The molecule has 1 aromatic heterocycles. The third-order valence-corrected chi connectivity index (χ3v) is 2.40. The third-order valence-electron chi connectivity index (χ3n) is 2.40. The number of nitrogens with zero attached hydrogens (tertiary/aromatic N) is 2. The predicted molar refractivity (Wildman–Crippen MR) is 62.6 cm³/mol. The fraction of sp³-hybridized carbons (Fsp3) is 0.0769. The van der Waals surface area contributed by atoms with Crippen LogP contribution in [0.1, 0.15) is 16.8 Å². The van der Waals surface area contributed by atoms with E-state index >= 15 is 0 Å². The standard InChI is InChI=1S/C13H10FN3/c14-11-3-1-9(2-4-11)5-10-6-12(16)13(7-15)17-8-10/h1-4,6,8H,5,16H2. The molecule has 2 N–H and O–H groups in total. The fourth-order valence-corrected chi connectivity index (χ4v) is 1.56. The summed E-state index contributed by atoms with van der Waals surface area (Å²) in [5.41, 5.74) is 8.13. The van der Waals surface area contributed by atoms with Gasteiger partial charge in [-0.15, -0.1) is 0 Å². The second-order valence-corrected chi connectivity index (χ2v) is 3.70. The summed E-state index contributed by atoms with van der Waals surface area (Å²) in [6.45, 7) is 0. The number of nitrogens with two attached hydrogens (primary N) is 1. The minimum atomic E-state index is -0.258. The average molecular weight is 227 g/mol. The Morgan fingerprint density at radius 3 is 2.53 bits per heavy atom. The van der Waals surface area contributed by atoms with Crippen molar-refractivity contribution in [1.29, 1.82) is 5.26 Å². The van der Waals surface area contributed by atoms with E-state index in [4.69, 9.17) is 11.0 Å². The molecule has 0 fully saturated rings. The summed E-state index contributed by atoms with van der Waals surface area (Å²) in [6, 6.07) is 9.87. The number of benzene rings is 1. The highest BCUT2D eigenvalue weighted by Gasteiger charge is 2.02. The third kappa shape index (κ3) is 2.58. The topological polar surface area (TPSA) is 62.7 Å². The molecule has 4 heteroatoms. The van der Waals surface area contributed by atoms with Crippen molar-refractivity contribution in [2.45, 2.75) is 6.42 Å². The van der Waals surface area contributed by atoms with Gasteiger partial charge in [-0.1, -0.05) is 12.1 Å². The maximum Gasteiger partial charge on any atom is 0.163 e. The van der Waals surface area contributed by atoms with Crippen LogP contribution in [0.4, 0.5) is 10.1 Å². The fourth-order valence-electron chi connectivity index (χ4n) is 1.56. The van der Waals surface area contributed by atoms with Crippen LogP contribution in [0.25, 0.3) is 0 Å². The van der Waals surface area contributed by atoms with Crippen LogP contribution in [0.3, 0.4) is 0 Å². The Morgan fingerprint density at radius 1 is 1.24 bits per heavy atom. The van der Waals surface area contributed by atoms with E-state index in [1.165, 1.54) is 12.1 Å². The molecule has 3 nitrogen and oxygen atoms in total. The molecule has 1 aromatic carbocycles. The number of halogens is 1. The van der Waals surface area contributed by atoms with E-state index in [-0.39, 0.29) is 11.5 Å². The van der Waals surface area contributed by atoms with E-state index in [1.807, 2.05) is 6.07 Å². The Kier molecular flexibility index (Phi) is 3.01. The summed E-state index contributed by atoms with van der Waals surface area (Å²) in [4.78, 5) is 3.95. The van der Waals surface area contributed by atoms with E-state index < -0.39 is 0 Å². The van der Waals surface area contributed by atoms with Gasteiger partial charge in [-0.05, 0) is 35.7 Å². The van der Waals surface area contributed by atoms with Gasteiger partial charge in [-0.2, -0.15) is 5.26 Å². The molecule has 0 aliphatic heterocycles. The van der Waals surface area contributed by atoms with Crippen LogP contribution in [0.2, 0.25) is 0 Å². The minimum absolute atomic E-state index is 0.229. The molecule has 0 bridgehead atoms. The largest absolute Gasteiger partial charge is 0.396 e. The number of hydrogen-bond acceptors (Lipinski definition) is 3. The molecule has 84 valence electrons. The van der Waals surface area contributed by atoms with Gasteiger partial charge in [-0.25, -0.2) is 9.37 Å². The highest BCUT2D eigenvalue weighted by molar-refractivity contribution is 5.51. The molecule has 0 amide bonds. The molecular formula is C13H10FN3. The predicted octanol–water partition coefficient (Wildman–Crippen LogP) is 2.27. The highest BCUT2D eigenvalue weighted by Crippen LogP contribution is 2.14. The zero-order chi connectivity index (χ0) is 12.3.